The maximum atomic E-state index is 13.3. The number of nitrogens with two attached hydrogens (primary N) is 1. The molecule has 2 aliphatic rings. The first-order valence-electron chi connectivity index (χ1n) is 10.00. The van der Waals surface area contributed by atoms with Gasteiger partial charge in [0.1, 0.15) is 12.4 Å². The molecule has 0 atom stereocenters. The molecule has 0 aliphatic carbocycles. The molecule has 0 bridgehead atoms. The zero-order chi connectivity index (χ0) is 19.3. The van der Waals surface area contributed by atoms with Gasteiger partial charge in [0.05, 0.1) is 18.5 Å². The van der Waals surface area contributed by atoms with E-state index < -0.39 is 0 Å². The van der Waals surface area contributed by atoms with E-state index in [0.717, 1.165) is 44.3 Å². The van der Waals surface area contributed by atoms with Crippen molar-refractivity contribution >= 4 is 11.8 Å². The minimum absolute atomic E-state index is 0.0242. The quantitative estimate of drug-likeness (QED) is 0.815. The summed E-state index contributed by atoms with van der Waals surface area (Å²) in [6.45, 7) is 2.34. The van der Waals surface area contributed by atoms with Crippen molar-refractivity contribution in [3.63, 3.8) is 0 Å². The number of likely N-dealkylation sites (N-methyl/N-ethyl adjacent to an activating group) is 1. The number of ether oxygens (including phenoxy) is 1. The van der Waals surface area contributed by atoms with Crippen LogP contribution in [-0.4, -0.2) is 61.4 Å². The predicted molar refractivity (Wildman–Crippen MR) is 104 cm³/mol. The number of nitrogens with zero attached hydrogens (tertiary/aromatic N) is 2. The Kier molecular flexibility index (Phi) is 6.37. The number of para-hydroxylation sites is 1. The zero-order valence-corrected chi connectivity index (χ0v) is 16.3. The van der Waals surface area contributed by atoms with Crippen LogP contribution in [0.15, 0.2) is 24.3 Å². The summed E-state index contributed by atoms with van der Waals surface area (Å²) in [5, 5.41) is 0. The SMILES string of the molecule is CN1CCOc2ccccc2CCCCC2(CCN(C(=O)CN)CC2)C1=O. The van der Waals surface area contributed by atoms with Crippen LogP contribution in [0.4, 0.5) is 0 Å². The molecule has 6 heteroatoms. The second kappa shape index (κ2) is 8.74. The Bertz CT molecular complexity index is 668. The van der Waals surface area contributed by atoms with E-state index >= 15 is 0 Å². The molecule has 1 aromatic rings. The highest BCUT2D eigenvalue weighted by atomic mass is 16.5. The number of fused-ring (bicyclic) bond motifs is 1. The molecule has 0 unspecified atom stereocenters. The van der Waals surface area contributed by atoms with Gasteiger partial charge in [-0.2, -0.15) is 0 Å². The fourth-order valence-corrected chi connectivity index (χ4v) is 4.31. The van der Waals surface area contributed by atoms with Gasteiger partial charge in [0.15, 0.2) is 0 Å². The highest BCUT2D eigenvalue weighted by Crippen LogP contribution is 2.39. The molecule has 3 rings (SSSR count). The highest BCUT2D eigenvalue weighted by molar-refractivity contribution is 5.83. The van der Waals surface area contributed by atoms with Crippen LogP contribution < -0.4 is 10.5 Å². The van der Waals surface area contributed by atoms with Crippen molar-refractivity contribution in [3.05, 3.63) is 29.8 Å². The van der Waals surface area contributed by atoms with Crippen LogP contribution in [0.25, 0.3) is 0 Å². The van der Waals surface area contributed by atoms with Gasteiger partial charge in [-0.1, -0.05) is 24.6 Å². The normalized spacial score (nSPS) is 21.0. The van der Waals surface area contributed by atoms with Gasteiger partial charge in [-0.15, -0.1) is 0 Å². The van der Waals surface area contributed by atoms with Gasteiger partial charge in [0.25, 0.3) is 0 Å². The molecule has 1 saturated heterocycles. The fourth-order valence-electron chi connectivity index (χ4n) is 4.31. The second-order valence-corrected chi connectivity index (χ2v) is 7.76. The number of hydrogen-bond acceptors (Lipinski definition) is 4. The first-order chi connectivity index (χ1) is 13.1. The number of carbonyl (C=O) groups excluding carboxylic acids is 2. The number of benzene rings is 1. The Hall–Kier alpha value is -2.08. The Labute approximate surface area is 161 Å². The van der Waals surface area contributed by atoms with Gasteiger partial charge >= 0.3 is 0 Å². The Morgan fingerprint density at radius 3 is 2.63 bits per heavy atom. The van der Waals surface area contributed by atoms with Crippen LogP contribution in [0.3, 0.4) is 0 Å². The molecule has 1 aromatic carbocycles. The van der Waals surface area contributed by atoms with E-state index in [0.29, 0.717) is 26.2 Å². The summed E-state index contributed by atoms with van der Waals surface area (Å²) in [6.07, 6.45) is 5.32. The summed E-state index contributed by atoms with van der Waals surface area (Å²) in [5.74, 6) is 1.10. The summed E-state index contributed by atoms with van der Waals surface area (Å²) < 4.78 is 5.96. The summed E-state index contributed by atoms with van der Waals surface area (Å²) in [6, 6.07) is 8.18. The smallest absolute Gasteiger partial charge is 0.236 e. The topological polar surface area (TPSA) is 75.9 Å². The number of aryl methyl sites for hydroxylation is 1. The van der Waals surface area contributed by atoms with E-state index in [-0.39, 0.29) is 23.8 Å². The van der Waals surface area contributed by atoms with Gasteiger partial charge in [-0.25, -0.2) is 0 Å². The maximum absolute atomic E-state index is 13.3. The van der Waals surface area contributed by atoms with Crippen molar-refractivity contribution < 1.29 is 14.3 Å². The molecule has 1 fully saturated rings. The molecule has 1 spiro atoms. The molecular weight excluding hydrogens is 342 g/mol. The molecule has 2 heterocycles. The number of amides is 2. The van der Waals surface area contributed by atoms with E-state index in [4.69, 9.17) is 10.5 Å². The highest BCUT2D eigenvalue weighted by Gasteiger charge is 2.43. The van der Waals surface area contributed by atoms with Crippen molar-refractivity contribution in [2.24, 2.45) is 11.1 Å². The van der Waals surface area contributed by atoms with E-state index in [1.807, 2.05) is 24.1 Å². The average molecular weight is 373 g/mol. The molecule has 6 nitrogen and oxygen atoms in total. The lowest BCUT2D eigenvalue weighted by atomic mass is 9.73. The largest absolute Gasteiger partial charge is 0.491 e. The second-order valence-electron chi connectivity index (χ2n) is 7.76. The van der Waals surface area contributed by atoms with Crippen LogP contribution in [-0.2, 0) is 16.0 Å². The molecule has 2 aliphatic heterocycles. The van der Waals surface area contributed by atoms with Crippen molar-refractivity contribution in [3.8, 4) is 5.75 Å². The number of likely N-dealkylation sites (tertiary alicyclic amines) is 1. The van der Waals surface area contributed by atoms with Gasteiger partial charge in [0, 0.05) is 20.1 Å². The summed E-state index contributed by atoms with van der Waals surface area (Å²) >= 11 is 0. The third kappa shape index (κ3) is 4.43. The summed E-state index contributed by atoms with van der Waals surface area (Å²) in [5.41, 5.74) is 6.37. The minimum atomic E-state index is -0.362. The van der Waals surface area contributed by atoms with Gasteiger partial charge in [-0.3, -0.25) is 9.59 Å². The standard InChI is InChI=1S/C21H31N3O3/c1-23-14-15-27-18-8-3-2-6-17(18)7-4-5-9-21(20(23)26)10-12-24(13-11-21)19(25)16-22/h2-3,6,8H,4-5,7,9-16,22H2,1H3. The fraction of sp³-hybridized carbons (Fsp3) is 0.619. The predicted octanol–water partition coefficient (Wildman–Crippen LogP) is 1.82. The number of hydrogen-bond donors (Lipinski definition) is 1. The molecule has 0 saturated carbocycles. The minimum Gasteiger partial charge on any atom is -0.491 e. The number of rotatable bonds is 1. The third-order valence-corrected chi connectivity index (χ3v) is 6.06. The molecular formula is C21H31N3O3. The number of piperidine rings is 1. The van der Waals surface area contributed by atoms with E-state index in [9.17, 15) is 9.59 Å². The molecule has 0 radical (unpaired) electrons. The lowest BCUT2D eigenvalue weighted by molar-refractivity contribution is -0.148. The van der Waals surface area contributed by atoms with Crippen LogP contribution in [0.2, 0.25) is 0 Å². The Balaban J connectivity index is 1.73. The van der Waals surface area contributed by atoms with E-state index in [2.05, 4.69) is 12.1 Å². The zero-order valence-electron chi connectivity index (χ0n) is 16.3. The van der Waals surface area contributed by atoms with Gasteiger partial charge in [-0.05, 0) is 43.7 Å². The first-order valence-corrected chi connectivity index (χ1v) is 10.00. The van der Waals surface area contributed by atoms with Crippen LogP contribution in [0, 0.1) is 5.41 Å². The van der Waals surface area contributed by atoms with Crippen LogP contribution >= 0.6 is 0 Å². The van der Waals surface area contributed by atoms with Crippen molar-refractivity contribution in [2.45, 2.75) is 38.5 Å². The lowest BCUT2D eigenvalue weighted by Gasteiger charge is -2.42. The van der Waals surface area contributed by atoms with Crippen molar-refractivity contribution in [2.75, 3.05) is 39.8 Å². The van der Waals surface area contributed by atoms with Crippen LogP contribution in [0.5, 0.6) is 5.75 Å². The first kappa shape index (κ1) is 19.7. The third-order valence-electron chi connectivity index (χ3n) is 6.06. The average Bonchev–Trinajstić information content (AvgIpc) is 2.70. The Morgan fingerprint density at radius 2 is 1.89 bits per heavy atom. The molecule has 2 N–H and O–H groups in total. The molecule has 2 amide bonds. The van der Waals surface area contributed by atoms with E-state index in [1.54, 1.807) is 4.90 Å². The maximum Gasteiger partial charge on any atom is 0.236 e. The monoisotopic (exact) mass is 373 g/mol. The molecule has 0 aromatic heterocycles. The summed E-state index contributed by atoms with van der Waals surface area (Å²) in [4.78, 5) is 28.8. The molecule has 27 heavy (non-hydrogen) atoms. The van der Waals surface area contributed by atoms with Crippen LogP contribution in [0.1, 0.15) is 37.7 Å². The van der Waals surface area contributed by atoms with Crippen molar-refractivity contribution in [1.29, 1.82) is 0 Å². The Morgan fingerprint density at radius 1 is 1.15 bits per heavy atom. The van der Waals surface area contributed by atoms with Gasteiger partial charge in [0.2, 0.25) is 11.8 Å². The van der Waals surface area contributed by atoms with E-state index in [1.165, 1.54) is 5.56 Å². The lowest BCUT2D eigenvalue weighted by Crippen LogP contribution is -2.52. The molecule has 148 valence electrons. The van der Waals surface area contributed by atoms with Crippen molar-refractivity contribution in [1.82, 2.24) is 9.80 Å². The van der Waals surface area contributed by atoms with Gasteiger partial charge < -0.3 is 20.3 Å². The summed E-state index contributed by atoms with van der Waals surface area (Å²) in [7, 11) is 1.86. The number of carbonyl (C=O) groups is 2.